The van der Waals surface area contributed by atoms with Crippen molar-refractivity contribution < 1.29 is 17.7 Å². The van der Waals surface area contributed by atoms with E-state index in [2.05, 4.69) is 4.72 Å². The largest absolute Gasteiger partial charge is 0.598 e. The average molecular weight is 327 g/mol. The Morgan fingerprint density at radius 3 is 2.10 bits per heavy atom. The summed E-state index contributed by atoms with van der Waals surface area (Å²) in [6.07, 6.45) is -4.33. The molecule has 1 aromatic heterocycles. The van der Waals surface area contributed by atoms with Gasteiger partial charge in [0, 0.05) is 16.2 Å². The SMILES string of the molecule is CC(C)[C@@H](N[S@@+]([O-])C(C)(C)C)c1ccc(C(F)(F)F)s1. The first-order valence-electron chi connectivity index (χ1n) is 6.28. The van der Waals surface area contributed by atoms with Gasteiger partial charge in [-0.1, -0.05) is 13.8 Å². The fourth-order valence-electron chi connectivity index (χ4n) is 1.49. The Morgan fingerprint density at radius 1 is 1.20 bits per heavy atom. The summed E-state index contributed by atoms with van der Waals surface area (Å²) in [5, 5.41) is 0. The van der Waals surface area contributed by atoms with E-state index in [0.29, 0.717) is 16.2 Å². The van der Waals surface area contributed by atoms with Gasteiger partial charge in [0.2, 0.25) is 0 Å². The summed E-state index contributed by atoms with van der Waals surface area (Å²) in [5.74, 6) is 0.0426. The van der Waals surface area contributed by atoms with Gasteiger partial charge in [0.25, 0.3) is 0 Å². The van der Waals surface area contributed by atoms with E-state index in [4.69, 9.17) is 0 Å². The topological polar surface area (TPSA) is 35.1 Å². The molecule has 2 atom stereocenters. The molecule has 20 heavy (non-hydrogen) atoms. The Balaban J connectivity index is 2.95. The monoisotopic (exact) mass is 327 g/mol. The van der Waals surface area contributed by atoms with Crippen LogP contribution in [0.2, 0.25) is 0 Å². The third-order valence-corrected chi connectivity index (χ3v) is 5.46. The maximum Gasteiger partial charge on any atom is 0.425 e. The molecule has 0 aliphatic rings. The lowest BCUT2D eigenvalue weighted by molar-refractivity contribution is -0.134. The third kappa shape index (κ3) is 4.65. The molecule has 1 heterocycles. The number of alkyl halides is 3. The number of thiophene rings is 1. The molecule has 0 bridgehead atoms. The first-order valence-corrected chi connectivity index (χ1v) is 8.24. The fraction of sp³-hybridized carbons (Fsp3) is 0.692. The Bertz CT molecular complexity index is 438. The van der Waals surface area contributed by atoms with Crippen LogP contribution < -0.4 is 4.72 Å². The van der Waals surface area contributed by atoms with Gasteiger partial charge >= 0.3 is 6.18 Å². The van der Waals surface area contributed by atoms with E-state index >= 15 is 0 Å². The predicted molar refractivity (Wildman–Crippen MR) is 77.9 cm³/mol. The molecule has 1 N–H and O–H groups in total. The van der Waals surface area contributed by atoms with E-state index in [0.717, 1.165) is 6.07 Å². The molecule has 0 radical (unpaired) electrons. The summed E-state index contributed by atoms with van der Waals surface area (Å²) in [6, 6.07) is 2.19. The standard InChI is InChI=1S/C13H20F3NOS2/c1-8(2)11(17-20(18)12(3,4)5)9-6-7-10(19-9)13(14,15)16/h6-8,11,17H,1-5H3/t11-,20+/m1/s1. The first-order chi connectivity index (χ1) is 8.93. The van der Waals surface area contributed by atoms with Crippen molar-refractivity contribution in [2.45, 2.75) is 51.6 Å². The third-order valence-electron chi connectivity index (χ3n) is 2.67. The van der Waals surface area contributed by atoms with Gasteiger partial charge in [0.15, 0.2) is 0 Å². The minimum atomic E-state index is -4.33. The van der Waals surface area contributed by atoms with Crippen LogP contribution in [-0.4, -0.2) is 9.30 Å². The van der Waals surface area contributed by atoms with Gasteiger partial charge < -0.3 is 4.55 Å². The predicted octanol–water partition coefficient (Wildman–Crippen LogP) is 4.52. The highest BCUT2D eigenvalue weighted by Crippen LogP contribution is 2.38. The van der Waals surface area contributed by atoms with E-state index in [1.165, 1.54) is 6.07 Å². The lowest BCUT2D eigenvalue weighted by Gasteiger charge is -2.29. The van der Waals surface area contributed by atoms with Gasteiger partial charge in [0.05, 0.1) is 6.04 Å². The van der Waals surface area contributed by atoms with Crippen LogP contribution in [0.4, 0.5) is 13.2 Å². The van der Waals surface area contributed by atoms with Crippen molar-refractivity contribution in [3.05, 3.63) is 21.9 Å². The zero-order chi connectivity index (χ0) is 15.7. The van der Waals surface area contributed by atoms with Gasteiger partial charge in [-0.15, -0.1) is 16.1 Å². The van der Waals surface area contributed by atoms with Crippen LogP contribution in [0.3, 0.4) is 0 Å². The number of nitrogens with one attached hydrogen (secondary N) is 1. The molecule has 1 aromatic rings. The molecule has 0 saturated carbocycles. The number of hydrogen-bond acceptors (Lipinski definition) is 3. The molecule has 0 aliphatic carbocycles. The molecular formula is C13H20F3NOS2. The van der Waals surface area contributed by atoms with Crippen molar-refractivity contribution in [2.75, 3.05) is 0 Å². The Labute approximate surface area is 125 Å². The van der Waals surface area contributed by atoms with Gasteiger partial charge in [-0.2, -0.15) is 13.2 Å². The van der Waals surface area contributed by atoms with Crippen LogP contribution in [0.25, 0.3) is 0 Å². The second-order valence-corrected chi connectivity index (χ2v) is 9.03. The second kappa shape index (κ2) is 6.25. The van der Waals surface area contributed by atoms with E-state index < -0.39 is 27.2 Å². The molecule has 0 aliphatic heterocycles. The number of rotatable bonds is 4. The van der Waals surface area contributed by atoms with Crippen molar-refractivity contribution in [3.8, 4) is 0 Å². The van der Waals surface area contributed by atoms with Crippen LogP contribution in [0, 0.1) is 5.92 Å². The van der Waals surface area contributed by atoms with E-state index in [1.54, 1.807) is 0 Å². The lowest BCUT2D eigenvalue weighted by Crippen LogP contribution is -2.42. The molecule has 0 saturated heterocycles. The second-order valence-electron chi connectivity index (χ2n) is 5.92. The minimum Gasteiger partial charge on any atom is -0.598 e. The normalized spacial score (nSPS) is 16.5. The van der Waals surface area contributed by atoms with Crippen molar-refractivity contribution in [2.24, 2.45) is 5.92 Å². The van der Waals surface area contributed by atoms with Gasteiger partial charge in [-0.05, 0) is 38.8 Å². The van der Waals surface area contributed by atoms with E-state index in [9.17, 15) is 17.7 Å². The van der Waals surface area contributed by atoms with Crippen molar-refractivity contribution in [1.29, 1.82) is 0 Å². The highest BCUT2D eigenvalue weighted by Gasteiger charge is 2.35. The van der Waals surface area contributed by atoms with Crippen LogP contribution in [0.5, 0.6) is 0 Å². The number of hydrogen-bond donors (Lipinski definition) is 1. The summed E-state index contributed by atoms with van der Waals surface area (Å²) in [6.45, 7) is 9.25. The van der Waals surface area contributed by atoms with Crippen molar-refractivity contribution >= 4 is 22.7 Å². The minimum absolute atomic E-state index is 0.0426. The molecule has 116 valence electrons. The maximum absolute atomic E-state index is 12.6. The number of halogens is 3. The Hall–Kier alpha value is -0.240. The summed E-state index contributed by atoms with van der Waals surface area (Å²) in [7, 11) is 0. The van der Waals surface area contributed by atoms with Gasteiger partial charge in [-0.3, -0.25) is 0 Å². The molecule has 0 amide bonds. The molecule has 0 fully saturated rings. The highest BCUT2D eigenvalue weighted by atomic mass is 32.2. The first kappa shape index (κ1) is 17.8. The van der Waals surface area contributed by atoms with E-state index in [1.807, 2.05) is 34.6 Å². The van der Waals surface area contributed by atoms with E-state index in [-0.39, 0.29) is 12.0 Å². The van der Waals surface area contributed by atoms with Crippen LogP contribution in [0.15, 0.2) is 12.1 Å². The van der Waals surface area contributed by atoms with Crippen molar-refractivity contribution in [3.63, 3.8) is 0 Å². The zero-order valence-electron chi connectivity index (χ0n) is 12.2. The van der Waals surface area contributed by atoms with Crippen molar-refractivity contribution in [1.82, 2.24) is 4.72 Å². The molecule has 0 unspecified atom stereocenters. The summed E-state index contributed by atoms with van der Waals surface area (Å²) in [5.41, 5.74) is 0. The molecule has 0 aromatic carbocycles. The van der Waals surface area contributed by atoms with Crippen LogP contribution in [-0.2, 0) is 17.5 Å². The summed E-state index contributed by atoms with van der Waals surface area (Å²) in [4.78, 5) is -0.0635. The summed E-state index contributed by atoms with van der Waals surface area (Å²) >= 11 is -0.618. The highest BCUT2D eigenvalue weighted by molar-refractivity contribution is 7.90. The average Bonchev–Trinajstić information content (AvgIpc) is 2.71. The summed E-state index contributed by atoms with van der Waals surface area (Å²) < 4.78 is 52.6. The van der Waals surface area contributed by atoms with Gasteiger partial charge in [0.1, 0.15) is 9.62 Å². The Kier molecular flexibility index (Phi) is 5.57. The zero-order valence-corrected chi connectivity index (χ0v) is 13.8. The maximum atomic E-state index is 12.6. The van der Waals surface area contributed by atoms with Crippen LogP contribution >= 0.6 is 11.3 Å². The molecule has 0 spiro atoms. The molecule has 2 nitrogen and oxygen atoms in total. The van der Waals surface area contributed by atoms with Crippen LogP contribution in [0.1, 0.15) is 50.4 Å². The molecule has 7 heteroatoms. The molecule has 1 rings (SSSR count). The van der Waals surface area contributed by atoms with Gasteiger partial charge in [-0.25, -0.2) is 0 Å². The molecular weight excluding hydrogens is 307 g/mol. The smallest absolute Gasteiger partial charge is 0.425 e. The lowest BCUT2D eigenvalue weighted by atomic mass is 10.0. The fourth-order valence-corrected chi connectivity index (χ4v) is 3.64. The quantitative estimate of drug-likeness (QED) is 0.826. The Morgan fingerprint density at radius 2 is 1.75 bits per heavy atom.